The van der Waals surface area contributed by atoms with Crippen molar-refractivity contribution in [2.24, 2.45) is 0 Å². The predicted octanol–water partition coefficient (Wildman–Crippen LogP) is 3.04. The number of likely N-dealkylation sites (tertiary alicyclic amines) is 1. The molecule has 3 nitrogen and oxygen atoms in total. The van der Waals surface area contributed by atoms with E-state index in [1.165, 1.54) is 5.75 Å². The third-order valence-corrected chi connectivity index (χ3v) is 5.27. The van der Waals surface area contributed by atoms with Crippen LogP contribution in [0, 0.1) is 0 Å². The zero-order chi connectivity index (χ0) is 12.6. The molecule has 1 aromatic heterocycles. The number of aromatic nitrogens is 1. The molecule has 98 valence electrons. The molecular formula is C13H17ClN2OS. The van der Waals surface area contributed by atoms with Gasteiger partial charge in [0.05, 0.1) is 9.89 Å². The molecule has 18 heavy (non-hydrogen) atoms. The van der Waals surface area contributed by atoms with E-state index < -0.39 is 0 Å². The molecule has 2 fully saturated rings. The van der Waals surface area contributed by atoms with E-state index in [0.29, 0.717) is 21.9 Å². The highest BCUT2D eigenvalue weighted by molar-refractivity contribution is 8.07. The van der Waals surface area contributed by atoms with E-state index in [1.807, 2.05) is 23.9 Å². The summed E-state index contributed by atoms with van der Waals surface area (Å²) in [5.74, 6) is 1.96. The molecule has 1 unspecified atom stereocenters. The second-order valence-corrected chi connectivity index (χ2v) is 6.98. The maximum atomic E-state index is 5.89. The lowest BCUT2D eigenvalue weighted by molar-refractivity contribution is 0.0803. The minimum Gasteiger partial charge on any atom is -0.474 e. The van der Waals surface area contributed by atoms with Gasteiger partial charge in [0.25, 0.3) is 0 Å². The fourth-order valence-electron chi connectivity index (χ4n) is 2.34. The number of nitrogens with zero attached hydrogens (tertiary/aromatic N) is 2. The first-order chi connectivity index (χ1) is 8.66. The predicted molar refractivity (Wildman–Crippen MR) is 75.3 cm³/mol. The van der Waals surface area contributed by atoms with Gasteiger partial charge in [-0.25, -0.2) is 4.98 Å². The molecule has 0 radical (unpaired) electrons. The van der Waals surface area contributed by atoms with Crippen molar-refractivity contribution in [2.45, 2.75) is 30.7 Å². The average Bonchev–Trinajstić information content (AvgIpc) is 3.12. The lowest BCUT2D eigenvalue weighted by Crippen LogP contribution is -2.44. The molecule has 0 aromatic carbocycles. The molecule has 1 atom stereocenters. The number of hydrogen-bond donors (Lipinski definition) is 0. The highest BCUT2D eigenvalue weighted by Gasteiger charge is 2.45. The van der Waals surface area contributed by atoms with Gasteiger partial charge in [0.1, 0.15) is 6.10 Å². The molecule has 5 heteroatoms. The molecule has 0 saturated carbocycles. The normalized spacial score (nSPS) is 29.2. The molecule has 0 N–H and O–H groups in total. The molecular weight excluding hydrogens is 268 g/mol. The highest BCUT2D eigenvalue weighted by atomic mass is 35.5. The molecule has 3 heterocycles. The van der Waals surface area contributed by atoms with Crippen molar-refractivity contribution in [2.75, 3.05) is 18.8 Å². The standard InChI is InChI=1S/C13H17ClN2OS/c1-13(9-18-13)16-6-4-11(5-7-16)17-12-3-2-10(14)8-15-12/h2-3,8,11H,4-7,9H2,1H3. The molecule has 0 spiro atoms. The maximum Gasteiger partial charge on any atom is 0.213 e. The molecule has 0 bridgehead atoms. The maximum absolute atomic E-state index is 5.89. The Morgan fingerprint density at radius 1 is 1.44 bits per heavy atom. The van der Waals surface area contributed by atoms with E-state index in [9.17, 15) is 0 Å². The van der Waals surface area contributed by atoms with E-state index >= 15 is 0 Å². The van der Waals surface area contributed by atoms with E-state index in [-0.39, 0.29) is 0 Å². The van der Waals surface area contributed by atoms with Crippen LogP contribution in [0.4, 0.5) is 0 Å². The van der Waals surface area contributed by atoms with Gasteiger partial charge in [0, 0.05) is 31.1 Å². The fraction of sp³-hybridized carbons (Fsp3) is 0.615. The van der Waals surface area contributed by atoms with Crippen molar-refractivity contribution >= 4 is 23.4 Å². The van der Waals surface area contributed by atoms with Crippen LogP contribution in [0.3, 0.4) is 0 Å². The number of hydrogen-bond acceptors (Lipinski definition) is 4. The number of pyridine rings is 1. The van der Waals surface area contributed by atoms with Crippen LogP contribution < -0.4 is 4.74 Å². The Hall–Kier alpha value is -0.450. The first-order valence-electron chi connectivity index (χ1n) is 6.33. The van der Waals surface area contributed by atoms with Crippen LogP contribution in [0.1, 0.15) is 19.8 Å². The monoisotopic (exact) mass is 284 g/mol. The van der Waals surface area contributed by atoms with E-state index in [0.717, 1.165) is 25.9 Å². The van der Waals surface area contributed by atoms with E-state index in [4.69, 9.17) is 16.3 Å². The van der Waals surface area contributed by atoms with Crippen molar-refractivity contribution in [3.05, 3.63) is 23.4 Å². The van der Waals surface area contributed by atoms with Crippen LogP contribution in [0.25, 0.3) is 0 Å². The molecule has 3 rings (SSSR count). The number of thioether (sulfide) groups is 1. The first-order valence-corrected chi connectivity index (χ1v) is 7.69. The Labute approximate surface area is 117 Å². The largest absolute Gasteiger partial charge is 0.474 e. The summed E-state index contributed by atoms with van der Waals surface area (Å²) in [6.45, 7) is 4.59. The van der Waals surface area contributed by atoms with Gasteiger partial charge in [-0.3, -0.25) is 4.90 Å². The summed E-state index contributed by atoms with van der Waals surface area (Å²) in [7, 11) is 0. The Kier molecular flexibility index (Phi) is 3.43. The van der Waals surface area contributed by atoms with Gasteiger partial charge in [-0.2, -0.15) is 0 Å². The van der Waals surface area contributed by atoms with Crippen molar-refractivity contribution in [3.8, 4) is 5.88 Å². The summed E-state index contributed by atoms with van der Waals surface area (Å²) < 4.78 is 5.89. The molecule has 2 aliphatic heterocycles. The van der Waals surface area contributed by atoms with E-state index in [1.54, 1.807) is 6.20 Å². The van der Waals surface area contributed by atoms with Crippen LogP contribution in [0.5, 0.6) is 5.88 Å². The smallest absolute Gasteiger partial charge is 0.213 e. The van der Waals surface area contributed by atoms with Crippen molar-refractivity contribution in [3.63, 3.8) is 0 Å². The Morgan fingerprint density at radius 2 is 2.17 bits per heavy atom. The number of piperidine rings is 1. The molecule has 2 saturated heterocycles. The van der Waals surface area contributed by atoms with Gasteiger partial charge in [0.15, 0.2) is 0 Å². The molecule has 1 aromatic rings. The quantitative estimate of drug-likeness (QED) is 0.797. The second kappa shape index (κ2) is 4.91. The molecule has 2 aliphatic rings. The van der Waals surface area contributed by atoms with Crippen LogP contribution in [-0.2, 0) is 0 Å². The lowest BCUT2D eigenvalue weighted by Gasteiger charge is -2.35. The van der Waals surface area contributed by atoms with Gasteiger partial charge in [-0.05, 0) is 25.8 Å². The van der Waals surface area contributed by atoms with Crippen molar-refractivity contribution in [1.29, 1.82) is 0 Å². The summed E-state index contributed by atoms with van der Waals surface area (Å²) in [5, 5.41) is 0.649. The summed E-state index contributed by atoms with van der Waals surface area (Å²) in [6.07, 6.45) is 4.09. The zero-order valence-corrected chi connectivity index (χ0v) is 12.0. The minimum atomic E-state index is 0.294. The number of rotatable bonds is 3. The van der Waals surface area contributed by atoms with Crippen molar-refractivity contribution in [1.82, 2.24) is 9.88 Å². The summed E-state index contributed by atoms with van der Waals surface area (Å²) in [5.41, 5.74) is 0. The van der Waals surface area contributed by atoms with Crippen LogP contribution in [0.2, 0.25) is 5.02 Å². The SMILES string of the molecule is CC1(N2CCC(Oc3ccc(Cl)cn3)CC2)CS1. The summed E-state index contributed by atoms with van der Waals surface area (Å²) in [6, 6.07) is 3.66. The zero-order valence-electron chi connectivity index (χ0n) is 10.4. The molecule has 0 amide bonds. The topological polar surface area (TPSA) is 25.4 Å². The van der Waals surface area contributed by atoms with Crippen LogP contribution in [-0.4, -0.2) is 39.7 Å². The van der Waals surface area contributed by atoms with E-state index in [2.05, 4.69) is 16.8 Å². The Balaban J connectivity index is 1.52. The van der Waals surface area contributed by atoms with Crippen molar-refractivity contribution < 1.29 is 4.74 Å². The summed E-state index contributed by atoms with van der Waals surface area (Å²) in [4.78, 5) is 7.18. The van der Waals surface area contributed by atoms with Gasteiger partial charge >= 0.3 is 0 Å². The van der Waals surface area contributed by atoms with Crippen LogP contribution in [0.15, 0.2) is 18.3 Å². The lowest BCUT2D eigenvalue weighted by atomic mass is 10.1. The van der Waals surface area contributed by atoms with Gasteiger partial charge in [0.2, 0.25) is 5.88 Å². The Bertz CT molecular complexity index is 414. The van der Waals surface area contributed by atoms with Gasteiger partial charge in [-0.15, -0.1) is 11.8 Å². The van der Waals surface area contributed by atoms with Gasteiger partial charge in [-0.1, -0.05) is 11.6 Å². The van der Waals surface area contributed by atoms with Crippen LogP contribution >= 0.6 is 23.4 Å². The van der Waals surface area contributed by atoms with Gasteiger partial charge < -0.3 is 4.74 Å². The first kappa shape index (κ1) is 12.6. The minimum absolute atomic E-state index is 0.294. The molecule has 0 aliphatic carbocycles. The third kappa shape index (κ3) is 2.76. The average molecular weight is 285 g/mol. The summed E-state index contributed by atoms with van der Waals surface area (Å²) >= 11 is 7.85. The fourth-order valence-corrected chi connectivity index (χ4v) is 3.20. The number of halogens is 1. The number of ether oxygens (including phenoxy) is 1. The third-order valence-electron chi connectivity index (χ3n) is 3.66. The second-order valence-electron chi connectivity index (χ2n) is 5.08. The Morgan fingerprint density at radius 3 is 2.72 bits per heavy atom. The highest BCUT2D eigenvalue weighted by Crippen LogP contribution is 2.47.